The summed E-state index contributed by atoms with van der Waals surface area (Å²) in [6.45, 7) is 3.75. The molecule has 1 heterocycles. The van der Waals surface area contributed by atoms with Crippen LogP contribution in [0.5, 0.6) is 0 Å². The number of thiophene rings is 1. The van der Waals surface area contributed by atoms with Gasteiger partial charge in [0.15, 0.2) is 0 Å². The lowest BCUT2D eigenvalue weighted by Crippen LogP contribution is -2.26. The summed E-state index contributed by atoms with van der Waals surface area (Å²) in [6, 6.07) is 6.92. The van der Waals surface area contributed by atoms with E-state index in [2.05, 4.69) is 10.6 Å². The van der Waals surface area contributed by atoms with E-state index in [0.29, 0.717) is 19.9 Å². The molecular weight excluding hydrogens is 379 g/mol. The molecule has 2 aromatic rings. The Morgan fingerprint density at radius 3 is 2.56 bits per heavy atom. The third-order valence-electron chi connectivity index (χ3n) is 4.11. The Balaban J connectivity index is 1.68. The predicted octanol–water partition coefficient (Wildman–Crippen LogP) is 5.20. The number of nitrogens with one attached hydrogen (secondary N) is 2. The van der Waals surface area contributed by atoms with Crippen LogP contribution in [0.4, 0.5) is 5.00 Å². The van der Waals surface area contributed by atoms with Gasteiger partial charge in [-0.2, -0.15) is 0 Å². The van der Waals surface area contributed by atoms with Gasteiger partial charge < -0.3 is 10.6 Å². The molecule has 1 saturated carbocycles. The summed E-state index contributed by atoms with van der Waals surface area (Å²) in [7, 11) is 0. The number of benzene rings is 1. The van der Waals surface area contributed by atoms with Gasteiger partial charge in [0.25, 0.3) is 5.91 Å². The molecule has 2 amide bonds. The number of carbonyl (C=O) groups is 2. The van der Waals surface area contributed by atoms with Gasteiger partial charge in [-0.25, -0.2) is 0 Å². The molecule has 3 rings (SSSR count). The van der Waals surface area contributed by atoms with E-state index in [4.69, 9.17) is 23.2 Å². The van der Waals surface area contributed by atoms with E-state index in [1.807, 2.05) is 26.0 Å². The van der Waals surface area contributed by atoms with Crippen molar-refractivity contribution in [1.82, 2.24) is 5.32 Å². The van der Waals surface area contributed by atoms with Crippen molar-refractivity contribution < 1.29 is 9.59 Å². The van der Waals surface area contributed by atoms with Crippen LogP contribution in [0, 0.1) is 12.8 Å². The van der Waals surface area contributed by atoms with Gasteiger partial charge in [0.2, 0.25) is 5.91 Å². The van der Waals surface area contributed by atoms with Crippen LogP contribution in [0.15, 0.2) is 24.3 Å². The lowest BCUT2D eigenvalue weighted by Gasteiger charge is -2.14. The number of anilines is 1. The predicted molar refractivity (Wildman–Crippen MR) is 103 cm³/mol. The van der Waals surface area contributed by atoms with Crippen molar-refractivity contribution in [2.75, 3.05) is 5.32 Å². The highest BCUT2D eigenvalue weighted by Crippen LogP contribution is 2.33. The molecule has 4 nitrogen and oxygen atoms in total. The van der Waals surface area contributed by atoms with E-state index in [1.165, 1.54) is 11.3 Å². The summed E-state index contributed by atoms with van der Waals surface area (Å²) in [5.74, 6) is -0.000246. The molecular formula is C18H18Cl2N2O2S. The second kappa shape index (κ2) is 7.36. The molecule has 1 fully saturated rings. The topological polar surface area (TPSA) is 58.2 Å². The number of hydrogen-bond acceptors (Lipinski definition) is 3. The molecule has 1 aliphatic rings. The molecule has 132 valence electrons. The molecule has 0 bridgehead atoms. The standard InChI is InChI=1S/C18H18Cl2N2O2S/c1-9-7-15(22-17(23)11-3-4-11)25-16(9)18(24)21-10(2)12-5-6-13(19)14(20)8-12/h5-8,10-11H,3-4H2,1-2H3,(H,21,24)(H,22,23)/t10-/m1/s1. The second-order valence-corrected chi connectivity index (χ2v) is 8.12. The van der Waals surface area contributed by atoms with Crippen molar-refractivity contribution in [3.8, 4) is 0 Å². The number of hydrogen-bond donors (Lipinski definition) is 2. The highest BCUT2D eigenvalue weighted by molar-refractivity contribution is 7.18. The second-order valence-electron chi connectivity index (χ2n) is 6.26. The minimum absolute atomic E-state index is 0.0392. The fraction of sp³-hybridized carbons (Fsp3) is 0.333. The third kappa shape index (κ3) is 4.35. The largest absolute Gasteiger partial charge is 0.345 e. The van der Waals surface area contributed by atoms with Crippen LogP contribution in [0.1, 0.15) is 46.6 Å². The molecule has 0 spiro atoms. The Bertz CT molecular complexity index is 830. The summed E-state index contributed by atoms with van der Waals surface area (Å²) in [5, 5.41) is 7.49. The minimum atomic E-state index is -0.215. The van der Waals surface area contributed by atoms with E-state index >= 15 is 0 Å². The molecule has 0 saturated heterocycles. The number of carbonyl (C=O) groups excluding carboxylic acids is 2. The molecule has 0 aliphatic heterocycles. The summed E-state index contributed by atoms with van der Waals surface area (Å²) in [5.41, 5.74) is 1.72. The van der Waals surface area contributed by atoms with Gasteiger partial charge in [0, 0.05) is 5.92 Å². The summed E-state index contributed by atoms with van der Waals surface area (Å²) in [4.78, 5) is 25.0. The summed E-state index contributed by atoms with van der Waals surface area (Å²) < 4.78 is 0. The van der Waals surface area contributed by atoms with Crippen LogP contribution in [-0.2, 0) is 4.79 Å². The zero-order valence-corrected chi connectivity index (χ0v) is 16.2. The number of amides is 2. The molecule has 25 heavy (non-hydrogen) atoms. The van der Waals surface area contributed by atoms with E-state index in [0.717, 1.165) is 24.0 Å². The van der Waals surface area contributed by atoms with Gasteiger partial charge in [0.05, 0.1) is 26.0 Å². The fourth-order valence-electron chi connectivity index (χ4n) is 2.47. The average molecular weight is 397 g/mol. The quantitative estimate of drug-likeness (QED) is 0.728. The van der Waals surface area contributed by atoms with Gasteiger partial charge in [-0.05, 0) is 56.0 Å². The average Bonchev–Trinajstić information content (AvgIpc) is 3.34. The Morgan fingerprint density at radius 1 is 1.20 bits per heavy atom. The Morgan fingerprint density at radius 2 is 1.92 bits per heavy atom. The highest BCUT2D eigenvalue weighted by atomic mass is 35.5. The van der Waals surface area contributed by atoms with Gasteiger partial charge >= 0.3 is 0 Å². The highest BCUT2D eigenvalue weighted by Gasteiger charge is 2.30. The number of rotatable bonds is 5. The van der Waals surface area contributed by atoms with Crippen LogP contribution in [0.2, 0.25) is 10.0 Å². The first kappa shape index (κ1) is 18.2. The molecule has 2 N–H and O–H groups in total. The van der Waals surface area contributed by atoms with Crippen molar-refractivity contribution in [3.05, 3.63) is 50.3 Å². The monoisotopic (exact) mass is 396 g/mol. The fourth-order valence-corrected chi connectivity index (χ4v) is 3.75. The zero-order chi connectivity index (χ0) is 18.1. The summed E-state index contributed by atoms with van der Waals surface area (Å²) >= 11 is 13.3. The lowest BCUT2D eigenvalue weighted by atomic mass is 10.1. The summed E-state index contributed by atoms with van der Waals surface area (Å²) in [6.07, 6.45) is 1.90. The van der Waals surface area contributed by atoms with Crippen molar-refractivity contribution >= 4 is 51.4 Å². The molecule has 1 aromatic carbocycles. The first-order chi connectivity index (χ1) is 11.8. The molecule has 0 unspecified atom stereocenters. The van der Waals surface area contributed by atoms with Crippen LogP contribution >= 0.6 is 34.5 Å². The van der Waals surface area contributed by atoms with E-state index in [1.54, 1.807) is 12.1 Å². The van der Waals surface area contributed by atoms with Crippen molar-refractivity contribution in [1.29, 1.82) is 0 Å². The lowest BCUT2D eigenvalue weighted by molar-refractivity contribution is -0.117. The third-order valence-corrected chi connectivity index (χ3v) is 6.00. The number of aryl methyl sites for hydroxylation is 1. The normalized spacial score (nSPS) is 14.9. The van der Waals surface area contributed by atoms with E-state index < -0.39 is 0 Å². The minimum Gasteiger partial charge on any atom is -0.345 e. The van der Waals surface area contributed by atoms with Gasteiger partial charge in [-0.15, -0.1) is 11.3 Å². The van der Waals surface area contributed by atoms with Gasteiger partial charge in [-0.3, -0.25) is 9.59 Å². The van der Waals surface area contributed by atoms with E-state index in [-0.39, 0.29) is 23.8 Å². The van der Waals surface area contributed by atoms with Crippen LogP contribution in [0.25, 0.3) is 0 Å². The van der Waals surface area contributed by atoms with Gasteiger partial charge in [-0.1, -0.05) is 29.3 Å². The maximum absolute atomic E-state index is 12.6. The first-order valence-electron chi connectivity index (χ1n) is 8.02. The van der Waals surface area contributed by atoms with Crippen LogP contribution in [-0.4, -0.2) is 11.8 Å². The van der Waals surface area contributed by atoms with Gasteiger partial charge in [0.1, 0.15) is 0 Å². The SMILES string of the molecule is Cc1cc(NC(=O)C2CC2)sc1C(=O)N[C@H](C)c1ccc(Cl)c(Cl)c1. The van der Waals surface area contributed by atoms with Crippen molar-refractivity contribution in [3.63, 3.8) is 0 Å². The van der Waals surface area contributed by atoms with Crippen molar-refractivity contribution in [2.45, 2.75) is 32.7 Å². The Labute approximate surface area is 160 Å². The zero-order valence-electron chi connectivity index (χ0n) is 13.9. The Kier molecular flexibility index (Phi) is 5.37. The van der Waals surface area contributed by atoms with E-state index in [9.17, 15) is 9.59 Å². The Hall–Kier alpha value is -1.56. The molecule has 0 radical (unpaired) electrons. The first-order valence-corrected chi connectivity index (χ1v) is 9.59. The molecule has 1 atom stereocenters. The molecule has 1 aromatic heterocycles. The number of halogens is 2. The molecule has 7 heteroatoms. The smallest absolute Gasteiger partial charge is 0.262 e. The molecule has 1 aliphatic carbocycles. The van der Waals surface area contributed by atoms with Crippen LogP contribution in [0.3, 0.4) is 0 Å². The maximum atomic E-state index is 12.6. The van der Waals surface area contributed by atoms with Crippen LogP contribution < -0.4 is 10.6 Å². The van der Waals surface area contributed by atoms with Crippen molar-refractivity contribution in [2.24, 2.45) is 5.92 Å². The maximum Gasteiger partial charge on any atom is 0.262 e.